The lowest BCUT2D eigenvalue weighted by molar-refractivity contribution is 0.122. The summed E-state index contributed by atoms with van der Waals surface area (Å²) in [6.07, 6.45) is 10.9. The zero-order valence-electron chi connectivity index (χ0n) is 49.1. The first-order valence-corrected chi connectivity index (χ1v) is 43.6. The lowest BCUT2D eigenvalue weighted by Crippen LogP contribution is -2.45. The smallest absolute Gasteiger partial charge is 0.377 e. The maximum Gasteiger partial charge on any atom is 0.500 e. The zero-order valence-corrected chi connectivity index (χ0v) is 57.1. The van der Waals surface area contributed by atoms with Gasteiger partial charge in [0.15, 0.2) is 0 Å². The maximum atomic E-state index is 5.94. The molecule has 1 aliphatic rings. The van der Waals surface area contributed by atoms with Crippen LogP contribution in [0.3, 0.4) is 0 Å². The van der Waals surface area contributed by atoms with E-state index in [0.29, 0.717) is 17.8 Å². The topological polar surface area (TPSA) is 166 Å². The van der Waals surface area contributed by atoms with Crippen LogP contribution in [0, 0.1) is 17.8 Å². The van der Waals surface area contributed by atoms with Crippen LogP contribution in [0.25, 0.3) is 0 Å². The second kappa shape index (κ2) is 36.3. The molecule has 1 rings (SSSR count). The van der Waals surface area contributed by atoms with Crippen LogP contribution in [0.1, 0.15) is 71.1 Å². The summed E-state index contributed by atoms with van der Waals surface area (Å²) >= 11 is 0. The van der Waals surface area contributed by atoms with E-state index in [1.807, 2.05) is 0 Å². The molecule has 1 fully saturated rings. The van der Waals surface area contributed by atoms with Gasteiger partial charge in [-0.2, -0.15) is 0 Å². The fraction of sp³-hybridized carbons (Fsp3) is 1.00. The van der Waals surface area contributed by atoms with Crippen LogP contribution in [0.15, 0.2) is 0 Å². The van der Waals surface area contributed by atoms with E-state index in [1.165, 1.54) is 37.8 Å². The Morgan fingerprint density at radius 2 is 0.444 bits per heavy atom. The van der Waals surface area contributed by atoms with Crippen molar-refractivity contribution in [3.05, 3.63) is 0 Å². The summed E-state index contributed by atoms with van der Waals surface area (Å²) in [6, 6.07) is 14.1. The standard InChI is InChI=1S/C46H108O18Si8/c1-44-42-45(26-40-65(28-20-34-67(47-2,48-3)49-4,29-21-35-68(50-5,51-6)52-7)30-22-36-69(53-8,54-9)55-10)43-46(44)27-41-66(31-23-37-70(56-11,57-12)58-13,32-24-38-71(59-14,60-15)61-16)33-25-39-72(62-17,63-18)64-19/h44-46H,20-43H2,1-19H3. The van der Waals surface area contributed by atoms with Gasteiger partial charge < -0.3 is 79.7 Å². The van der Waals surface area contributed by atoms with E-state index in [1.54, 1.807) is 128 Å². The molecule has 0 aromatic heterocycles. The normalized spacial score (nSPS) is 18.0. The summed E-state index contributed by atoms with van der Waals surface area (Å²) in [5.74, 6) is 1.97. The Kier molecular flexibility index (Phi) is 35.8. The van der Waals surface area contributed by atoms with Crippen LogP contribution < -0.4 is 0 Å². The lowest BCUT2D eigenvalue weighted by Gasteiger charge is -2.36. The molecular weight excluding hydrogens is 1070 g/mol. The van der Waals surface area contributed by atoms with E-state index >= 15 is 0 Å². The van der Waals surface area contributed by atoms with Gasteiger partial charge in [-0.3, -0.25) is 0 Å². The molecule has 1 aliphatic carbocycles. The molecule has 0 aromatic carbocycles. The van der Waals surface area contributed by atoms with Crippen molar-refractivity contribution in [1.82, 2.24) is 0 Å². The highest BCUT2D eigenvalue weighted by Crippen LogP contribution is 2.47. The Balaban J connectivity index is 3.68. The van der Waals surface area contributed by atoms with Crippen LogP contribution in [-0.4, -0.2) is 197 Å². The van der Waals surface area contributed by atoms with Gasteiger partial charge in [0.1, 0.15) is 0 Å². The van der Waals surface area contributed by atoms with Crippen molar-refractivity contribution in [1.29, 1.82) is 0 Å². The summed E-state index contributed by atoms with van der Waals surface area (Å²) in [5.41, 5.74) is 0. The number of hydrogen-bond donors (Lipinski definition) is 0. The predicted octanol–water partition coefficient (Wildman–Crippen LogP) is 9.94. The van der Waals surface area contributed by atoms with Gasteiger partial charge in [-0.1, -0.05) is 107 Å². The molecule has 0 bridgehead atoms. The molecule has 0 saturated heterocycles. The number of hydrogen-bond acceptors (Lipinski definition) is 18. The van der Waals surface area contributed by atoms with Gasteiger partial charge in [0.25, 0.3) is 0 Å². The minimum atomic E-state index is -2.77. The van der Waals surface area contributed by atoms with Crippen molar-refractivity contribution < 1.29 is 79.7 Å². The van der Waals surface area contributed by atoms with Crippen molar-refractivity contribution in [3.8, 4) is 0 Å². The maximum absolute atomic E-state index is 5.94. The summed E-state index contributed by atoms with van der Waals surface area (Å²) in [5, 5.41) is 0. The second-order valence-corrected chi connectivity index (χ2v) is 48.6. The molecule has 0 amide bonds. The fourth-order valence-corrected chi connectivity index (χ4v) is 35.1. The highest BCUT2D eigenvalue weighted by molar-refractivity contribution is 6.81. The third kappa shape index (κ3) is 21.6. The van der Waals surface area contributed by atoms with Gasteiger partial charge in [0.2, 0.25) is 0 Å². The van der Waals surface area contributed by atoms with E-state index in [0.717, 1.165) is 111 Å². The molecule has 0 radical (unpaired) electrons. The monoisotopic (exact) mass is 1170 g/mol. The first-order valence-electron chi connectivity index (χ1n) is 26.3. The van der Waals surface area contributed by atoms with Crippen molar-refractivity contribution in [2.75, 3.05) is 128 Å². The third-order valence-electron chi connectivity index (χ3n) is 17.0. The van der Waals surface area contributed by atoms with Gasteiger partial charge in [0.05, 0.1) is 16.1 Å². The summed E-state index contributed by atoms with van der Waals surface area (Å²) in [6.45, 7) is 2.51. The fourth-order valence-electron chi connectivity index (χ4n) is 12.0. The van der Waals surface area contributed by atoms with E-state index in [2.05, 4.69) is 6.92 Å². The van der Waals surface area contributed by atoms with Gasteiger partial charge >= 0.3 is 52.8 Å². The SMILES string of the molecule is CO[Si](CCC[Si](CCC[Si](OC)(OC)OC)(CCC[Si](OC)(OC)OC)CCC1CC(C)C(CC[Si](CCC[Si](OC)(OC)OC)(CCC[Si](OC)(OC)OC)CCC[Si](OC)(OC)OC)C1)(OC)OC. The molecular formula is C46H108O18Si8. The summed E-state index contributed by atoms with van der Waals surface area (Å²) in [7, 11) is 10.2. The molecule has 0 aliphatic heterocycles. The first-order chi connectivity index (χ1) is 34.4. The van der Waals surface area contributed by atoms with Gasteiger partial charge in [-0.05, 0) is 30.6 Å². The van der Waals surface area contributed by atoms with E-state index in [4.69, 9.17) is 79.7 Å². The first kappa shape index (κ1) is 71.0. The molecule has 0 aromatic rings. The van der Waals surface area contributed by atoms with E-state index < -0.39 is 69.0 Å². The van der Waals surface area contributed by atoms with Crippen molar-refractivity contribution in [2.45, 2.75) is 156 Å². The number of rotatable bonds is 48. The van der Waals surface area contributed by atoms with E-state index in [-0.39, 0.29) is 0 Å². The van der Waals surface area contributed by atoms with Crippen molar-refractivity contribution in [3.63, 3.8) is 0 Å². The molecule has 26 heteroatoms. The second-order valence-electron chi connectivity index (χ2n) is 20.0. The van der Waals surface area contributed by atoms with Gasteiger partial charge in [-0.25, -0.2) is 0 Å². The predicted molar refractivity (Wildman–Crippen MR) is 302 cm³/mol. The minimum Gasteiger partial charge on any atom is -0.377 e. The largest absolute Gasteiger partial charge is 0.500 e. The average Bonchev–Trinajstić information content (AvgIpc) is 3.79. The Bertz CT molecular complexity index is 1180. The van der Waals surface area contributed by atoms with E-state index in [9.17, 15) is 0 Å². The lowest BCUT2D eigenvalue weighted by atomic mass is 9.95. The van der Waals surface area contributed by atoms with Gasteiger partial charge in [0, 0.05) is 164 Å². The summed E-state index contributed by atoms with van der Waals surface area (Å²) < 4.78 is 107. The molecule has 18 nitrogen and oxygen atoms in total. The minimum absolute atomic E-state index is 0.643. The molecule has 0 heterocycles. The van der Waals surface area contributed by atoms with Crippen LogP contribution >= 0.6 is 0 Å². The highest BCUT2D eigenvalue weighted by atomic mass is 28.4. The molecule has 0 N–H and O–H groups in total. The summed E-state index contributed by atoms with van der Waals surface area (Å²) in [4.78, 5) is 0. The van der Waals surface area contributed by atoms with Crippen molar-refractivity contribution in [2.24, 2.45) is 17.8 Å². The molecule has 1 saturated carbocycles. The Morgan fingerprint density at radius 3 is 0.639 bits per heavy atom. The molecule has 72 heavy (non-hydrogen) atoms. The molecule has 3 atom stereocenters. The Labute approximate surface area is 447 Å². The quantitative estimate of drug-likeness (QED) is 0.0528. The molecule has 0 spiro atoms. The Morgan fingerprint density at radius 1 is 0.250 bits per heavy atom. The van der Waals surface area contributed by atoms with Gasteiger partial charge in [-0.15, -0.1) is 0 Å². The van der Waals surface area contributed by atoms with Crippen LogP contribution in [0.2, 0.25) is 84.6 Å². The van der Waals surface area contributed by atoms with Crippen molar-refractivity contribution >= 4 is 69.0 Å². The van der Waals surface area contributed by atoms with Crippen LogP contribution in [0.4, 0.5) is 0 Å². The average molecular weight is 1170 g/mol. The highest BCUT2D eigenvalue weighted by Gasteiger charge is 2.47. The van der Waals surface area contributed by atoms with Crippen LogP contribution in [0.5, 0.6) is 0 Å². The zero-order chi connectivity index (χ0) is 54.4. The molecule has 432 valence electrons. The molecule has 3 unspecified atom stereocenters. The third-order valence-corrected chi connectivity index (χ3v) is 45.2. The van der Waals surface area contributed by atoms with Crippen LogP contribution in [-0.2, 0) is 79.7 Å². The Hall–Kier alpha value is 1.02.